The molecule has 0 N–H and O–H groups in total. The van der Waals surface area contributed by atoms with Gasteiger partial charge in [0.2, 0.25) is 5.91 Å². The molecule has 1 aliphatic heterocycles. The van der Waals surface area contributed by atoms with E-state index in [2.05, 4.69) is 18.6 Å². The molecule has 92 valence electrons. The minimum Gasteiger partial charge on any atom is -0.469 e. The number of hydrogen-bond acceptors (Lipinski definition) is 4. The van der Waals surface area contributed by atoms with Crippen LogP contribution in [0.5, 0.6) is 0 Å². The second-order valence-corrected chi connectivity index (χ2v) is 5.77. The molecular weight excluding hydrogens is 226 g/mol. The number of esters is 1. The summed E-state index contributed by atoms with van der Waals surface area (Å²) in [7, 11) is 1.39. The Bertz CT molecular complexity index is 268. The van der Waals surface area contributed by atoms with Crippen molar-refractivity contribution in [1.29, 1.82) is 0 Å². The summed E-state index contributed by atoms with van der Waals surface area (Å²) in [6.45, 7) is 5.33. The van der Waals surface area contributed by atoms with E-state index in [1.807, 2.05) is 0 Å². The molecule has 0 bridgehead atoms. The molecule has 1 saturated heterocycles. The molecule has 0 aliphatic carbocycles. The first-order valence-electron chi connectivity index (χ1n) is 5.51. The number of ether oxygens (including phenoxy) is 1. The molecule has 0 aromatic carbocycles. The normalized spacial score (nSPS) is 20.2. The third kappa shape index (κ3) is 3.70. The molecule has 0 saturated carbocycles. The summed E-state index contributed by atoms with van der Waals surface area (Å²) in [5.41, 5.74) is 0. The lowest BCUT2D eigenvalue weighted by Gasteiger charge is -2.16. The molecule has 0 spiro atoms. The van der Waals surface area contributed by atoms with Crippen molar-refractivity contribution in [2.24, 2.45) is 5.92 Å². The fourth-order valence-corrected chi connectivity index (χ4v) is 2.33. The van der Waals surface area contributed by atoms with E-state index >= 15 is 0 Å². The van der Waals surface area contributed by atoms with Crippen LogP contribution in [0.1, 0.15) is 20.3 Å². The quantitative estimate of drug-likeness (QED) is 0.697. The number of nitrogens with zero attached hydrogens (tertiary/aromatic N) is 1. The van der Waals surface area contributed by atoms with E-state index in [9.17, 15) is 9.59 Å². The van der Waals surface area contributed by atoms with Crippen molar-refractivity contribution in [2.45, 2.75) is 25.5 Å². The predicted octanol–water partition coefficient (Wildman–Crippen LogP) is 1.15. The Morgan fingerprint density at radius 1 is 1.50 bits per heavy atom. The maximum Gasteiger partial charge on any atom is 0.310 e. The Hall–Kier alpha value is -0.710. The van der Waals surface area contributed by atoms with Gasteiger partial charge in [-0.15, -0.1) is 11.8 Å². The highest BCUT2D eigenvalue weighted by atomic mass is 32.2. The minimum atomic E-state index is -0.202. The molecule has 1 amide bonds. The fraction of sp³-hybridized carbons (Fsp3) is 0.818. The summed E-state index contributed by atoms with van der Waals surface area (Å²) in [5, 5.41) is 0.461. The maximum absolute atomic E-state index is 11.8. The summed E-state index contributed by atoms with van der Waals surface area (Å²) in [5.74, 6) is 0.306. The number of likely N-dealkylation sites (tertiary alicyclic amines) is 1. The molecular formula is C11H19NO3S. The molecule has 1 heterocycles. The zero-order valence-corrected chi connectivity index (χ0v) is 10.9. The first-order valence-corrected chi connectivity index (χ1v) is 6.56. The highest BCUT2D eigenvalue weighted by molar-refractivity contribution is 8.00. The summed E-state index contributed by atoms with van der Waals surface area (Å²) >= 11 is 1.63. The van der Waals surface area contributed by atoms with E-state index < -0.39 is 0 Å². The third-order valence-electron chi connectivity index (χ3n) is 2.62. The van der Waals surface area contributed by atoms with Gasteiger partial charge in [0.1, 0.15) is 0 Å². The summed E-state index contributed by atoms with van der Waals surface area (Å²) in [6.07, 6.45) is 0.727. The lowest BCUT2D eigenvalue weighted by molar-refractivity contribution is -0.145. The molecule has 0 aromatic heterocycles. The van der Waals surface area contributed by atoms with Gasteiger partial charge in [-0.1, -0.05) is 13.8 Å². The first-order chi connectivity index (χ1) is 7.54. The monoisotopic (exact) mass is 245 g/mol. The SMILES string of the molecule is COC(=O)C1CCN(C(=O)CSC(C)C)C1. The van der Waals surface area contributed by atoms with Crippen molar-refractivity contribution in [1.82, 2.24) is 4.90 Å². The van der Waals surface area contributed by atoms with E-state index in [1.165, 1.54) is 7.11 Å². The van der Waals surface area contributed by atoms with Crippen LogP contribution in [-0.4, -0.2) is 48.0 Å². The predicted molar refractivity (Wildman–Crippen MR) is 64.3 cm³/mol. The first kappa shape index (κ1) is 13.4. The van der Waals surface area contributed by atoms with E-state index in [1.54, 1.807) is 16.7 Å². The minimum absolute atomic E-state index is 0.127. The highest BCUT2D eigenvalue weighted by Gasteiger charge is 2.31. The summed E-state index contributed by atoms with van der Waals surface area (Å²) in [6, 6.07) is 0. The maximum atomic E-state index is 11.8. The lowest BCUT2D eigenvalue weighted by atomic mass is 10.1. The zero-order chi connectivity index (χ0) is 12.1. The number of methoxy groups -OCH3 is 1. The standard InChI is InChI=1S/C11H19NO3S/c1-8(2)16-7-10(13)12-5-4-9(6-12)11(14)15-3/h8-9H,4-7H2,1-3H3. The van der Waals surface area contributed by atoms with E-state index in [4.69, 9.17) is 0 Å². The molecule has 1 rings (SSSR count). The number of carbonyl (C=O) groups excluding carboxylic acids is 2. The van der Waals surface area contributed by atoms with Crippen molar-refractivity contribution < 1.29 is 14.3 Å². The Kier molecular flexibility index (Phi) is 5.12. The van der Waals surface area contributed by atoms with Gasteiger partial charge in [-0.2, -0.15) is 0 Å². The number of carbonyl (C=O) groups is 2. The van der Waals surface area contributed by atoms with E-state index in [0.29, 0.717) is 24.1 Å². The Balaban J connectivity index is 2.35. The van der Waals surface area contributed by atoms with Crippen molar-refractivity contribution >= 4 is 23.6 Å². The average Bonchev–Trinajstić information content (AvgIpc) is 2.74. The van der Waals surface area contributed by atoms with Gasteiger partial charge in [0.05, 0.1) is 18.8 Å². The molecule has 0 radical (unpaired) electrons. The highest BCUT2D eigenvalue weighted by Crippen LogP contribution is 2.19. The number of amides is 1. The van der Waals surface area contributed by atoms with Gasteiger partial charge in [0.25, 0.3) is 0 Å². The molecule has 1 fully saturated rings. The Morgan fingerprint density at radius 3 is 2.75 bits per heavy atom. The summed E-state index contributed by atoms with van der Waals surface area (Å²) in [4.78, 5) is 24.8. The van der Waals surface area contributed by atoms with Crippen LogP contribution in [0, 0.1) is 5.92 Å². The van der Waals surface area contributed by atoms with Crippen LogP contribution in [0.3, 0.4) is 0 Å². The van der Waals surface area contributed by atoms with Gasteiger partial charge >= 0.3 is 5.97 Å². The van der Waals surface area contributed by atoms with Crippen LogP contribution in [0.15, 0.2) is 0 Å². The van der Waals surface area contributed by atoms with Crippen LogP contribution in [-0.2, 0) is 14.3 Å². The second-order valence-electron chi connectivity index (χ2n) is 4.21. The number of thioether (sulfide) groups is 1. The van der Waals surface area contributed by atoms with Crippen molar-refractivity contribution in [3.63, 3.8) is 0 Å². The topological polar surface area (TPSA) is 46.6 Å². The van der Waals surface area contributed by atoms with E-state index in [-0.39, 0.29) is 17.8 Å². The summed E-state index contributed by atoms with van der Waals surface area (Å²) < 4.78 is 4.68. The second kappa shape index (κ2) is 6.13. The lowest BCUT2D eigenvalue weighted by Crippen LogP contribution is -2.31. The van der Waals surface area contributed by atoms with Crippen LogP contribution in [0.25, 0.3) is 0 Å². The number of hydrogen-bond donors (Lipinski definition) is 0. The molecule has 1 aliphatic rings. The molecule has 4 nitrogen and oxygen atoms in total. The van der Waals surface area contributed by atoms with Gasteiger partial charge in [-0.25, -0.2) is 0 Å². The van der Waals surface area contributed by atoms with Gasteiger partial charge in [0, 0.05) is 13.1 Å². The van der Waals surface area contributed by atoms with Gasteiger partial charge < -0.3 is 9.64 Å². The van der Waals surface area contributed by atoms with Crippen LogP contribution in [0.2, 0.25) is 0 Å². The van der Waals surface area contributed by atoms with E-state index in [0.717, 1.165) is 6.42 Å². The molecule has 5 heteroatoms. The molecule has 16 heavy (non-hydrogen) atoms. The Labute approximate surface area is 101 Å². The van der Waals surface area contributed by atoms with Crippen molar-refractivity contribution in [2.75, 3.05) is 26.0 Å². The van der Waals surface area contributed by atoms with Gasteiger partial charge in [-0.05, 0) is 11.7 Å². The van der Waals surface area contributed by atoms with Gasteiger partial charge in [0.15, 0.2) is 0 Å². The average molecular weight is 245 g/mol. The smallest absolute Gasteiger partial charge is 0.310 e. The van der Waals surface area contributed by atoms with Crippen LogP contribution >= 0.6 is 11.8 Å². The third-order valence-corrected chi connectivity index (χ3v) is 3.70. The van der Waals surface area contributed by atoms with Crippen LogP contribution in [0.4, 0.5) is 0 Å². The van der Waals surface area contributed by atoms with Crippen LogP contribution < -0.4 is 0 Å². The largest absolute Gasteiger partial charge is 0.469 e. The zero-order valence-electron chi connectivity index (χ0n) is 10.1. The van der Waals surface area contributed by atoms with Gasteiger partial charge in [-0.3, -0.25) is 9.59 Å². The fourth-order valence-electron chi connectivity index (χ4n) is 1.68. The van der Waals surface area contributed by atoms with Crippen molar-refractivity contribution in [3.8, 4) is 0 Å². The number of rotatable bonds is 4. The Morgan fingerprint density at radius 2 is 2.19 bits per heavy atom. The molecule has 1 atom stereocenters. The molecule has 1 unspecified atom stereocenters. The van der Waals surface area contributed by atoms with Crippen molar-refractivity contribution in [3.05, 3.63) is 0 Å². The molecule has 0 aromatic rings.